The summed E-state index contributed by atoms with van der Waals surface area (Å²) in [6.45, 7) is 4.91. The van der Waals surface area contributed by atoms with Gasteiger partial charge < -0.3 is 9.84 Å². The third kappa shape index (κ3) is 2.45. The maximum Gasteiger partial charge on any atom is 0.124 e. The Morgan fingerprint density at radius 3 is 2.72 bits per heavy atom. The summed E-state index contributed by atoms with van der Waals surface area (Å²) >= 11 is 0. The Morgan fingerprint density at radius 2 is 2.22 bits per heavy atom. The fraction of sp³-hybridized carbons (Fsp3) is 0.786. The van der Waals surface area contributed by atoms with Gasteiger partial charge in [-0.25, -0.2) is 0 Å². The highest BCUT2D eigenvalue weighted by Gasteiger charge is 2.43. The molecule has 102 valence electrons. The van der Waals surface area contributed by atoms with Crippen LogP contribution in [0, 0.1) is 5.92 Å². The number of aliphatic hydroxyl groups excluding tert-OH is 1. The fourth-order valence-electron chi connectivity index (χ4n) is 2.96. The zero-order chi connectivity index (χ0) is 13.2. The molecule has 0 saturated heterocycles. The first-order chi connectivity index (χ1) is 8.59. The van der Waals surface area contributed by atoms with E-state index >= 15 is 0 Å². The second-order valence-electron chi connectivity index (χ2n) is 5.46. The number of ether oxygens (including phenoxy) is 1. The van der Waals surface area contributed by atoms with Gasteiger partial charge in [-0.05, 0) is 44.6 Å². The Labute approximate surface area is 109 Å². The van der Waals surface area contributed by atoms with Gasteiger partial charge in [0.15, 0.2) is 0 Å². The van der Waals surface area contributed by atoms with Gasteiger partial charge >= 0.3 is 0 Å². The number of nitrogens with zero attached hydrogens (tertiary/aromatic N) is 2. The van der Waals surface area contributed by atoms with Crippen molar-refractivity contribution in [3.8, 4) is 0 Å². The van der Waals surface area contributed by atoms with E-state index in [-0.39, 0.29) is 0 Å². The first-order valence-electron chi connectivity index (χ1n) is 6.89. The number of hydrogen-bond acceptors (Lipinski definition) is 3. The Bertz CT molecular complexity index is 381. The lowest BCUT2D eigenvalue weighted by atomic mass is 9.75. The van der Waals surface area contributed by atoms with Crippen molar-refractivity contribution < 1.29 is 9.84 Å². The normalized spacial score (nSPS) is 30.3. The van der Waals surface area contributed by atoms with Crippen LogP contribution in [0.4, 0.5) is 0 Å². The predicted octanol–water partition coefficient (Wildman–Crippen LogP) is 2.44. The zero-order valence-corrected chi connectivity index (χ0v) is 11.6. The topological polar surface area (TPSA) is 47.3 Å². The Kier molecular flexibility index (Phi) is 4.07. The molecule has 0 radical (unpaired) electrons. The molecule has 0 amide bonds. The molecule has 1 heterocycles. The van der Waals surface area contributed by atoms with Gasteiger partial charge in [0.05, 0.1) is 11.3 Å². The second-order valence-corrected chi connectivity index (χ2v) is 5.46. The maximum atomic E-state index is 10.7. The van der Waals surface area contributed by atoms with E-state index < -0.39 is 11.7 Å². The molecule has 1 aliphatic carbocycles. The summed E-state index contributed by atoms with van der Waals surface area (Å²) in [5, 5.41) is 14.8. The molecule has 1 saturated carbocycles. The van der Waals surface area contributed by atoms with Gasteiger partial charge in [0, 0.05) is 19.9 Å². The predicted molar refractivity (Wildman–Crippen MR) is 70.2 cm³/mol. The maximum absolute atomic E-state index is 10.7. The van der Waals surface area contributed by atoms with Crippen LogP contribution in [0.25, 0.3) is 0 Å². The van der Waals surface area contributed by atoms with Crippen molar-refractivity contribution in [3.05, 3.63) is 18.0 Å². The molecular weight excluding hydrogens is 228 g/mol. The summed E-state index contributed by atoms with van der Waals surface area (Å²) in [6, 6.07) is 1.88. The van der Waals surface area contributed by atoms with Crippen molar-refractivity contribution in [1.29, 1.82) is 0 Å². The van der Waals surface area contributed by atoms with Crippen molar-refractivity contribution in [2.75, 3.05) is 6.61 Å². The summed E-state index contributed by atoms with van der Waals surface area (Å²) in [6.07, 6.45) is 5.23. The lowest BCUT2D eigenvalue weighted by Crippen LogP contribution is -2.43. The van der Waals surface area contributed by atoms with Gasteiger partial charge in [0.25, 0.3) is 0 Å². The quantitative estimate of drug-likeness (QED) is 0.895. The molecule has 1 fully saturated rings. The summed E-state index contributed by atoms with van der Waals surface area (Å²) in [4.78, 5) is 0. The molecule has 4 heteroatoms. The average molecular weight is 252 g/mol. The first-order valence-corrected chi connectivity index (χ1v) is 6.89. The van der Waals surface area contributed by atoms with Crippen molar-refractivity contribution in [1.82, 2.24) is 9.78 Å². The Morgan fingerprint density at radius 1 is 1.56 bits per heavy atom. The lowest BCUT2D eigenvalue weighted by molar-refractivity contribution is -0.148. The molecule has 0 spiro atoms. The van der Waals surface area contributed by atoms with Crippen LogP contribution in [-0.2, 0) is 11.8 Å². The van der Waals surface area contributed by atoms with Crippen LogP contribution in [0.2, 0.25) is 0 Å². The molecule has 18 heavy (non-hydrogen) atoms. The highest BCUT2D eigenvalue weighted by atomic mass is 16.5. The van der Waals surface area contributed by atoms with Gasteiger partial charge in [0.1, 0.15) is 6.10 Å². The SMILES string of the molecule is CCOC1(C(O)c2ccnn2C)CCC(C)CC1. The van der Waals surface area contributed by atoms with Crippen LogP contribution >= 0.6 is 0 Å². The summed E-state index contributed by atoms with van der Waals surface area (Å²) in [5.74, 6) is 0.734. The van der Waals surface area contributed by atoms with E-state index in [2.05, 4.69) is 12.0 Å². The third-order valence-corrected chi connectivity index (χ3v) is 4.19. The van der Waals surface area contributed by atoms with E-state index in [9.17, 15) is 5.11 Å². The standard InChI is InChI=1S/C14H24N2O2/c1-4-18-14(8-5-11(2)6-9-14)13(17)12-7-10-15-16(12)3/h7,10-11,13,17H,4-6,8-9H2,1-3H3. The smallest absolute Gasteiger partial charge is 0.124 e. The van der Waals surface area contributed by atoms with E-state index in [1.807, 2.05) is 20.0 Å². The summed E-state index contributed by atoms with van der Waals surface area (Å²) in [7, 11) is 1.86. The molecular formula is C14H24N2O2. The van der Waals surface area contributed by atoms with Crippen molar-refractivity contribution >= 4 is 0 Å². The molecule has 2 rings (SSSR count). The van der Waals surface area contributed by atoms with Crippen LogP contribution in [0.1, 0.15) is 51.3 Å². The van der Waals surface area contributed by atoms with E-state index in [4.69, 9.17) is 4.74 Å². The minimum Gasteiger partial charge on any atom is -0.384 e. The molecule has 1 aromatic rings. The minimum absolute atomic E-state index is 0.422. The van der Waals surface area contributed by atoms with Gasteiger partial charge in [-0.15, -0.1) is 0 Å². The van der Waals surface area contributed by atoms with E-state index in [0.717, 1.165) is 37.3 Å². The lowest BCUT2D eigenvalue weighted by Gasteiger charge is -2.42. The van der Waals surface area contributed by atoms with Crippen LogP contribution in [0.5, 0.6) is 0 Å². The van der Waals surface area contributed by atoms with Gasteiger partial charge in [0.2, 0.25) is 0 Å². The van der Waals surface area contributed by atoms with Crippen LogP contribution < -0.4 is 0 Å². The average Bonchev–Trinajstić information content (AvgIpc) is 2.78. The van der Waals surface area contributed by atoms with Crippen LogP contribution in [0.3, 0.4) is 0 Å². The summed E-state index contributed by atoms with van der Waals surface area (Å²) in [5.41, 5.74) is 0.424. The molecule has 1 aliphatic rings. The summed E-state index contributed by atoms with van der Waals surface area (Å²) < 4.78 is 7.71. The van der Waals surface area contributed by atoms with E-state index in [1.165, 1.54) is 0 Å². The van der Waals surface area contributed by atoms with Crippen LogP contribution in [-0.4, -0.2) is 27.1 Å². The number of hydrogen-bond donors (Lipinski definition) is 1. The van der Waals surface area contributed by atoms with Crippen molar-refractivity contribution in [2.45, 2.75) is 51.2 Å². The monoisotopic (exact) mass is 252 g/mol. The van der Waals surface area contributed by atoms with Crippen molar-refractivity contribution in [3.63, 3.8) is 0 Å². The molecule has 0 aromatic carbocycles. The molecule has 1 atom stereocenters. The molecule has 1 N–H and O–H groups in total. The Balaban J connectivity index is 2.22. The molecule has 4 nitrogen and oxygen atoms in total. The minimum atomic E-state index is -0.586. The molecule has 0 aliphatic heterocycles. The molecule has 1 aromatic heterocycles. The van der Waals surface area contributed by atoms with Gasteiger partial charge in [-0.2, -0.15) is 5.10 Å². The van der Waals surface area contributed by atoms with Crippen molar-refractivity contribution in [2.24, 2.45) is 13.0 Å². The number of aliphatic hydroxyl groups is 1. The highest BCUT2D eigenvalue weighted by molar-refractivity contribution is 5.11. The second kappa shape index (κ2) is 5.41. The zero-order valence-electron chi connectivity index (χ0n) is 11.6. The highest BCUT2D eigenvalue weighted by Crippen LogP contribution is 2.43. The number of aromatic nitrogens is 2. The molecule has 1 unspecified atom stereocenters. The van der Waals surface area contributed by atoms with E-state index in [0.29, 0.717) is 6.61 Å². The fourth-order valence-corrected chi connectivity index (χ4v) is 2.96. The number of aryl methyl sites for hydroxylation is 1. The van der Waals surface area contributed by atoms with Gasteiger partial charge in [-0.3, -0.25) is 4.68 Å². The molecule has 0 bridgehead atoms. The van der Waals surface area contributed by atoms with Crippen LogP contribution in [0.15, 0.2) is 12.3 Å². The third-order valence-electron chi connectivity index (χ3n) is 4.19. The first kappa shape index (κ1) is 13.6. The largest absolute Gasteiger partial charge is 0.384 e. The number of rotatable bonds is 4. The van der Waals surface area contributed by atoms with E-state index in [1.54, 1.807) is 10.9 Å². The van der Waals surface area contributed by atoms with Gasteiger partial charge in [-0.1, -0.05) is 6.92 Å². The Hall–Kier alpha value is -0.870.